The zero-order valence-corrected chi connectivity index (χ0v) is 11.6. The van der Waals surface area contributed by atoms with Crippen molar-refractivity contribution in [1.82, 2.24) is 5.32 Å². The van der Waals surface area contributed by atoms with Gasteiger partial charge in [-0.25, -0.2) is 0 Å². The Morgan fingerprint density at radius 1 is 1.42 bits per heavy atom. The molecule has 0 radical (unpaired) electrons. The van der Waals surface area contributed by atoms with Crippen LogP contribution >= 0.6 is 11.6 Å². The van der Waals surface area contributed by atoms with Crippen LogP contribution in [0.15, 0.2) is 24.3 Å². The van der Waals surface area contributed by atoms with Gasteiger partial charge in [-0.15, -0.1) is 0 Å². The van der Waals surface area contributed by atoms with Gasteiger partial charge >= 0.3 is 5.97 Å². The highest BCUT2D eigenvalue weighted by molar-refractivity contribution is 6.30. The molecule has 0 fully saturated rings. The first-order valence-corrected chi connectivity index (χ1v) is 6.61. The molecule has 1 amide bonds. The van der Waals surface area contributed by atoms with Gasteiger partial charge in [-0.2, -0.15) is 0 Å². The molecular formula is C14H18ClNO3. The molecule has 0 saturated carbocycles. The third-order valence-electron chi connectivity index (χ3n) is 2.69. The summed E-state index contributed by atoms with van der Waals surface area (Å²) in [5, 5.41) is 12.0. The lowest BCUT2D eigenvalue weighted by Gasteiger charge is -2.13. The van der Waals surface area contributed by atoms with Crippen LogP contribution in [0.1, 0.15) is 31.7 Å². The van der Waals surface area contributed by atoms with Gasteiger partial charge in [0, 0.05) is 17.5 Å². The molecule has 1 aromatic carbocycles. The number of aliphatic carboxylic acids is 1. The summed E-state index contributed by atoms with van der Waals surface area (Å²) >= 11 is 5.84. The summed E-state index contributed by atoms with van der Waals surface area (Å²) in [6, 6.07) is 7.15. The van der Waals surface area contributed by atoms with Crippen molar-refractivity contribution in [1.29, 1.82) is 0 Å². The Hall–Kier alpha value is -1.55. The fourth-order valence-corrected chi connectivity index (χ4v) is 2.00. The monoisotopic (exact) mass is 283 g/mol. The van der Waals surface area contributed by atoms with Crippen molar-refractivity contribution in [3.8, 4) is 0 Å². The van der Waals surface area contributed by atoms with Gasteiger partial charge in [-0.05, 0) is 37.5 Å². The van der Waals surface area contributed by atoms with Crippen molar-refractivity contribution in [2.75, 3.05) is 0 Å². The number of benzene rings is 1. The zero-order chi connectivity index (χ0) is 14.3. The summed E-state index contributed by atoms with van der Waals surface area (Å²) < 4.78 is 0. The third-order valence-corrected chi connectivity index (χ3v) is 2.92. The van der Waals surface area contributed by atoms with Gasteiger partial charge in [0.2, 0.25) is 5.91 Å². The van der Waals surface area contributed by atoms with Crippen LogP contribution in [0.3, 0.4) is 0 Å². The number of carboxylic acids is 1. The van der Waals surface area contributed by atoms with Crippen LogP contribution < -0.4 is 5.32 Å². The van der Waals surface area contributed by atoms with Crippen LogP contribution in [0.25, 0.3) is 0 Å². The van der Waals surface area contributed by atoms with Gasteiger partial charge < -0.3 is 10.4 Å². The molecule has 0 spiro atoms. The van der Waals surface area contributed by atoms with E-state index in [2.05, 4.69) is 5.32 Å². The van der Waals surface area contributed by atoms with Gasteiger partial charge in [0.1, 0.15) is 0 Å². The van der Waals surface area contributed by atoms with E-state index in [0.717, 1.165) is 5.56 Å². The summed E-state index contributed by atoms with van der Waals surface area (Å²) in [6.45, 7) is 1.87. The first kappa shape index (κ1) is 15.5. The molecule has 2 N–H and O–H groups in total. The summed E-state index contributed by atoms with van der Waals surface area (Å²) in [5.41, 5.74) is 0.864. The number of hydrogen-bond acceptors (Lipinski definition) is 2. The fourth-order valence-electron chi connectivity index (χ4n) is 1.79. The Morgan fingerprint density at radius 2 is 2.16 bits per heavy atom. The second-order valence-corrected chi connectivity index (χ2v) is 5.00. The molecule has 4 nitrogen and oxygen atoms in total. The Kier molecular flexibility index (Phi) is 6.36. The first-order chi connectivity index (χ1) is 8.97. The maximum Gasteiger partial charge on any atom is 0.303 e. The summed E-state index contributed by atoms with van der Waals surface area (Å²) in [6.07, 6.45) is 1.64. The lowest BCUT2D eigenvalue weighted by Crippen LogP contribution is -2.33. The Bertz CT molecular complexity index is 448. The second-order valence-electron chi connectivity index (χ2n) is 4.56. The second kappa shape index (κ2) is 7.79. The van der Waals surface area contributed by atoms with Crippen molar-refractivity contribution in [2.24, 2.45) is 0 Å². The summed E-state index contributed by atoms with van der Waals surface area (Å²) in [5.74, 6) is -0.887. The average molecular weight is 284 g/mol. The molecule has 19 heavy (non-hydrogen) atoms. The van der Waals surface area contributed by atoms with E-state index in [1.54, 1.807) is 18.2 Å². The van der Waals surface area contributed by atoms with Gasteiger partial charge in [0.15, 0.2) is 0 Å². The summed E-state index contributed by atoms with van der Waals surface area (Å²) in [4.78, 5) is 22.1. The summed E-state index contributed by atoms with van der Waals surface area (Å²) in [7, 11) is 0. The lowest BCUT2D eigenvalue weighted by molar-refractivity contribution is -0.137. The molecule has 0 aliphatic rings. The van der Waals surface area contributed by atoms with E-state index >= 15 is 0 Å². The topological polar surface area (TPSA) is 66.4 Å². The molecule has 0 aliphatic carbocycles. The Balaban J connectivity index is 2.32. The smallest absolute Gasteiger partial charge is 0.303 e. The third kappa shape index (κ3) is 6.82. The van der Waals surface area contributed by atoms with Gasteiger partial charge in [0.05, 0.1) is 6.42 Å². The molecule has 0 saturated heterocycles. The highest BCUT2D eigenvalue weighted by Gasteiger charge is 2.09. The molecule has 0 aromatic heterocycles. The van der Waals surface area contributed by atoms with Crippen LogP contribution in [-0.4, -0.2) is 23.0 Å². The molecular weight excluding hydrogens is 266 g/mol. The highest BCUT2D eigenvalue weighted by atomic mass is 35.5. The first-order valence-electron chi connectivity index (χ1n) is 6.23. The highest BCUT2D eigenvalue weighted by Crippen LogP contribution is 2.11. The molecule has 1 rings (SSSR count). The van der Waals surface area contributed by atoms with Crippen LogP contribution in [0, 0.1) is 0 Å². The number of carbonyl (C=O) groups excluding carboxylic acids is 1. The van der Waals surface area contributed by atoms with E-state index in [0.29, 0.717) is 17.9 Å². The van der Waals surface area contributed by atoms with Crippen LogP contribution in [0.5, 0.6) is 0 Å². The van der Waals surface area contributed by atoms with E-state index in [1.165, 1.54) is 0 Å². The van der Waals surface area contributed by atoms with E-state index in [1.807, 2.05) is 13.0 Å². The molecule has 1 unspecified atom stereocenters. The minimum absolute atomic E-state index is 0.0222. The van der Waals surface area contributed by atoms with Gasteiger partial charge in [-0.3, -0.25) is 9.59 Å². The number of carboxylic acid groups (broad SMARTS) is 1. The van der Waals surface area contributed by atoms with Gasteiger partial charge in [-0.1, -0.05) is 23.7 Å². The maximum atomic E-state index is 11.8. The molecule has 5 heteroatoms. The predicted octanol–water partition coefficient (Wildman–Crippen LogP) is 2.64. The minimum Gasteiger partial charge on any atom is -0.481 e. The van der Waals surface area contributed by atoms with Crippen molar-refractivity contribution < 1.29 is 14.7 Å². The van der Waals surface area contributed by atoms with Crippen molar-refractivity contribution in [3.63, 3.8) is 0 Å². The number of carbonyl (C=O) groups is 2. The van der Waals surface area contributed by atoms with Crippen LogP contribution in [0.2, 0.25) is 5.02 Å². The molecule has 1 atom stereocenters. The standard InChI is InChI=1S/C14H18ClNO3/c1-10(4-2-7-14(18)19)16-13(17)9-11-5-3-6-12(15)8-11/h3,5-6,8,10H,2,4,7,9H2,1H3,(H,16,17)(H,18,19). The molecule has 0 heterocycles. The number of hydrogen-bond donors (Lipinski definition) is 2. The van der Waals surface area contributed by atoms with Crippen molar-refractivity contribution >= 4 is 23.5 Å². The molecule has 0 aliphatic heterocycles. The predicted molar refractivity (Wildman–Crippen MR) is 74.2 cm³/mol. The van der Waals surface area contributed by atoms with Crippen molar-refractivity contribution in [3.05, 3.63) is 34.9 Å². The van der Waals surface area contributed by atoms with E-state index in [4.69, 9.17) is 16.7 Å². The van der Waals surface area contributed by atoms with Crippen molar-refractivity contribution in [2.45, 2.75) is 38.6 Å². The van der Waals surface area contributed by atoms with Crippen LogP contribution in [0.4, 0.5) is 0 Å². The fraction of sp³-hybridized carbons (Fsp3) is 0.429. The molecule has 0 bridgehead atoms. The number of rotatable bonds is 7. The molecule has 104 valence electrons. The van der Waals surface area contributed by atoms with E-state index < -0.39 is 5.97 Å². The number of halogens is 1. The normalized spacial score (nSPS) is 11.9. The van der Waals surface area contributed by atoms with Crippen LogP contribution in [-0.2, 0) is 16.0 Å². The lowest BCUT2D eigenvalue weighted by atomic mass is 10.1. The zero-order valence-electron chi connectivity index (χ0n) is 10.9. The minimum atomic E-state index is -0.808. The quantitative estimate of drug-likeness (QED) is 0.808. The maximum absolute atomic E-state index is 11.8. The largest absolute Gasteiger partial charge is 0.481 e. The Morgan fingerprint density at radius 3 is 2.79 bits per heavy atom. The van der Waals surface area contributed by atoms with E-state index in [-0.39, 0.29) is 24.8 Å². The number of nitrogens with one attached hydrogen (secondary N) is 1. The van der Waals surface area contributed by atoms with E-state index in [9.17, 15) is 9.59 Å². The number of amides is 1. The molecule has 1 aromatic rings. The Labute approximate surface area is 117 Å². The average Bonchev–Trinajstić information content (AvgIpc) is 2.27. The SMILES string of the molecule is CC(CCCC(=O)O)NC(=O)Cc1cccc(Cl)c1. The van der Waals surface area contributed by atoms with Gasteiger partial charge in [0.25, 0.3) is 0 Å².